The SMILES string of the molecule is Cc1cc[n+]([O-])c(C)c1C(=O)NCC[C@@H](C)N1CCC(N(Cc2cc(C#N)ccc2F)c2ccc(OCC(=O)O)cc2)CC1. The number of ether oxygens (including phenoxy) is 1. The third kappa shape index (κ3) is 8.02. The average molecular weight is 604 g/mol. The normalized spacial score (nSPS) is 14.4. The van der Waals surface area contributed by atoms with Gasteiger partial charge in [-0.05, 0) is 81.1 Å². The summed E-state index contributed by atoms with van der Waals surface area (Å²) in [5.74, 6) is -1.27. The van der Waals surface area contributed by atoms with E-state index in [1.807, 2.05) is 19.1 Å². The Balaban J connectivity index is 1.40. The zero-order valence-corrected chi connectivity index (χ0v) is 25.3. The van der Waals surface area contributed by atoms with E-state index in [4.69, 9.17) is 9.84 Å². The van der Waals surface area contributed by atoms with Crippen molar-refractivity contribution in [2.24, 2.45) is 0 Å². The molecule has 1 aliphatic heterocycles. The highest BCUT2D eigenvalue weighted by molar-refractivity contribution is 5.96. The molecule has 10 nitrogen and oxygen atoms in total. The van der Waals surface area contributed by atoms with Crippen LogP contribution in [0.25, 0.3) is 0 Å². The van der Waals surface area contributed by atoms with E-state index in [1.54, 1.807) is 31.2 Å². The summed E-state index contributed by atoms with van der Waals surface area (Å²) >= 11 is 0. The van der Waals surface area contributed by atoms with Gasteiger partial charge in [-0.2, -0.15) is 9.99 Å². The summed E-state index contributed by atoms with van der Waals surface area (Å²) in [4.78, 5) is 28.2. The highest BCUT2D eigenvalue weighted by Gasteiger charge is 2.28. The van der Waals surface area contributed by atoms with Crippen molar-refractivity contribution in [3.8, 4) is 11.8 Å². The van der Waals surface area contributed by atoms with Crippen molar-refractivity contribution in [1.82, 2.24) is 10.2 Å². The van der Waals surface area contributed by atoms with Gasteiger partial charge in [-0.3, -0.25) is 4.79 Å². The number of nitriles is 1. The van der Waals surface area contributed by atoms with Crippen molar-refractivity contribution in [3.05, 3.63) is 93.7 Å². The van der Waals surface area contributed by atoms with Crippen LogP contribution < -0.4 is 19.7 Å². The quantitative estimate of drug-likeness (QED) is 0.234. The molecule has 1 saturated heterocycles. The molecule has 0 radical (unpaired) electrons. The Morgan fingerprint density at radius 1 is 1.20 bits per heavy atom. The Morgan fingerprint density at radius 3 is 2.57 bits per heavy atom. The molecule has 1 atom stereocenters. The van der Waals surface area contributed by atoms with Crippen LogP contribution in [0.3, 0.4) is 0 Å². The molecule has 4 rings (SSSR count). The van der Waals surface area contributed by atoms with Crippen LogP contribution in [-0.2, 0) is 11.3 Å². The molecule has 0 bridgehead atoms. The number of carbonyl (C=O) groups excluding carboxylic acids is 1. The Bertz CT molecular complexity index is 1520. The number of anilines is 1. The number of carbonyl (C=O) groups is 2. The number of pyridine rings is 1. The molecule has 2 aromatic carbocycles. The minimum atomic E-state index is -1.06. The van der Waals surface area contributed by atoms with Crippen LogP contribution in [0.15, 0.2) is 54.7 Å². The third-order valence-corrected chi connectivity index (χ3v) is 8.23. The number of aliphatic carboxylic acids is 1. The number of hydrogen-bond acceptors (Lipinski definition) is 7. The molecule has 1 aliphatic rings. The van der Waals surface area contributed by atoms with E-state index in [0.717, 1.165) is 43.6 Å². The summed E-state index contributed by atoms with van der Waals surface area (Å²) in [6, 6.07) is 15.5. The smallest absolute Gasteiger partial charge is 0.341 e. The maximum atomic E-state index is 14.8. The summed E-state index contributed by atoms with van der Waals surface area (Å²) < 4.78 is 20.8. The van der Waals surface area contributed by atoms with E-state index in [0.29, 0.717) is 39.4 Å². The zero-order chi connectivity index (χ0) is 31.8. The number of hydrogen-bond donors (Lipinski definition) is 2. The Hall–Kier alpha value is -4.69. The van der Waals surface area contributed by atoms with Gasteiger partial charge in [0.15, 0.2) is 12.8 Å². The molecule has 232 valence electrons. The van der Waals surface area contributed by atoms with Crippen LogP contribution in [0.5, 0.6) is 5.75 Å². The minimum Gasteiger partial charge on any atom is -0.618 e. The Morgan fingerprint density at radius 2 is 1.91 bits per heavy atom. The topological polar surface area (TPSA) is 133 Å². The third-order valence-electron chi connectivity index (χ3n) is 8.23. The molecule has 2 heterocycles. The molecule has 0 saturated carbocycles. The number of halogens is 1. The highest BCUT2D eigenvalue weighted by Crippen LogP contribution is 2.29. The summed E-state index contributed by atoms with van der Waals surface area (Å²) in [7, 11) is 0. The minimum absolute atomic E-state index is 0.0944. The van der Waals surface area contributed by atoms with Crippen LogP contribution in [0.1, 0.15) is 58.9 Å². The van der Waals surface area contributed by atoms with E-state index in [-0.39, 0.29) is 30.4 Å². The van der Waals surface area contributed by atoms with Gasteiger partial charge in [0.2, 0.25) is 5.69 Å². The number of aromatic nitrogens is 1. The monoisotopic (exact) mass is 603 g/mol. The number of likely N-dealkylation sites (tertiary alicyclic amines) is 1. The van der Waals surface area contributed by atoms with E-state index < -0.39 is 12.6 Å². The van der Waals surface area contributed by atoms with Gasteiger partial charge in [0.05, 0.1) is 11.6 Å². The number of carboxylic acids is 1. The predicted octanol–water partition coefficient (Wildman–Crippen LogP) is 4.09. The van der Waals surface area contributed by atoms with Gasteiger partial charge < -0.3 is 30.2 Å². The molecular formula is C33H38FN5O5. The molecule has 3 aromatic rings. The summed E-state index contributed by atoms with van der Waals surface area (Å²) in [5.41, 5.74) is 3.20. The second-order valence-corrected chi connectivity index (χ2v) is 11.2. The second-order valence-electron chi connectivity index (χ2n) is 11.2. The van der Waals surface area contributed by atoms with Gasteiger partial charge in [-0.25, -0.2) is 9.18 Å². The Kier molecular flexibility index (Phi) is 10.7. The maximum absolute atomic E-state index is 14.8. The lowest BCUT2D eigenvalue weighted by Gasteiger charge is -2.42. The van der Waals surface area contributed by atoms with Crippen molar-refractivity contribution in [1.29, 1.82) is 5.26 Å². The van der Waals surface area contributed by atoms with Crippen LogP contribution in [0.2, 0.25) is 0 Å². The first-order chi connectivity index (χ1) is 21.1. The number of aryl methyl sites for hydroxylation is 1. The zero-order valence-electron chi connectivity index (χ0n) is 25.3. The Labute approximate surface area is 256 Å². The van der Waals surface area contributed by atoms with Crippen LogP contribution in [0.4, 0.5) is 10.1 Å². The average Bonchev–Trinajstić information content (AvgIpc) is 3.02. The summed E-state index contributed by atoms with van der Waals surface area (Å²) in [6.07, 6.45) is 3.78. The first-order valence-corrected chi connectivity index (χ1v) is 14.7. The van der Waals surface area contributed by atoms with E-state index in [2.05, 4.69) is 28.1 Å². The predicted molar refractivity (Wildman–Crippen MR) is 163 cm³/mol. The lowest BCUT2D eigenvalue weighted by atomic mass is 9.98. The fourth-order valence-electron chi connectivity index (χ4n) is 5.68. The number of piperidine rings is 1. The van der Waals surface area contributed by atoms with Crippen molar-refractivity contribution in [2.45, 2.75) is 58.7 Å². The van der Waals surface area contributed by atoms with Gasteiger partial charge in [0.1, 0.15) is 17.1 Å². The molecule has 0 unspecified atom stereocenters. The fourth-order valence-corrected chi connectivity index (χ4v) is 5.68. The number of amides is 1. The fraction of sp³-hybridized carbons (Fsp3) is 0.394. The standard InChI is InChI=1S/C33H38FN5O5/c1-22-11-17-39(43)24(3)32(22)33(42)36-14-10-23(2)37-15-12-28(13-16-37)38(20-26-18-25(19-35)4-9-30(26)34)27-5-7-29(8-6-27)44-21-31(40)41/h4-9,11,17-18,23,28H,10,12-16,20-21H2,1-3H3,(H,36,42)(H,40,41)/t23-/m1/s1. The molecule has 0 spiro atoms. The van der Waals surface area contributed by atoms with Gasteiger partial charge in [-0.15, -0.1) is 0 Å². The molecule has 1 fully saturated rings. The van der Waals surface area contributed by atoms with Crippen molar-refractivity contribution >= 4 is 17.6 Å². The number of carboxylic acid groups (broad SMARTS) is 1. The molecular weight excluding hydrogens is 565 g/mol. The summed E-state index contributed by atoms with van der Waals surface area (Å²) in [5, 5.41) is 33.2. The van der Waals surface area contributed by atoms with E-state index in [1.165, 1.54) is 18.3 Å². The van der Waals surface area contributed by atoms with E-state index >= 15 is 0 Å². The summed E-state index contributed by atoms with van der Waals surface area (Å²) in [6.45, 7) is 7.51. The molecule has 44 heavy (non-hydrogen) atoms. The number of benzene rings is 2. The number of rotatable bonds is 12. The number of nitrogens with one attached hydrogen (secondary N) is 1. The van der Waals surface area contributed by atoms with E-state index in [9.17, 15) is 24.4 Å². The molecule has 0 aliphatic carbocycles. The lowest BCUT2D eigenvalue weighted by Crippen LogP contribution is -2.48. The van der Waals surface area contributed by atoms with Crippen LogP contribution >= 0.6 is 0 Å². The first-order valence-electron chi connectivity index (χ1n) is 14.7. The molecule has 11 heteroatoms. The van der Waals surface area contributed by atoms with Gasteiger partial charge in [0, 0.05) is 62.5 Å². The highest BCUT2D eigenvalue weighted by atomic mass is 19.1. The first kappa shape index (κ1) is 32.2. The molecule has 2 N–H and O–H groups in total. The molecule has 1 amide bonds. The second kappa shape index (κ2) is 14.7. The number of nitrogens with zero attached hydrogens (tertiary/aromatic N) is 4. The van der Waals surface area contributed by atoms with Crippen molar-refractivity contribution < 1.29 is 28.6 Å². The van der Waals surface area contributed by atoms with Gasteiger partial charge >= 0.3 is 5.97 Å². The largest absolute Gasteiger partial charge is 0.618 e. The lowest BCUT2D eigenvalue weighted by molar-refractivity contribution is -0.612. The van der Waals surface area contributed by atoms with Crippen LogP contribution in [-0.4, -0.2) is 60.2 Å². The van der Waals surface area contributed by atoms with Crippen LogP contribution in [0, 0.1) is 36.2 Å². The van der Waals surface area contributed by atoms with Crippen molar-refractivity contribution in [3.63, 3.8) is 0 Å². The van der Waals surface area contributed by atoms with Gasteiger partial charge in [-0.1, -0.05) is 0 Å². The van der Waals surface area contributed by atoms with Gasteiger partial charge in [0.25, 0.3) is 5.91 Å². The maximum Gasteiger partial charge on any atom is 0.341 e. The van der Waals surface area contributed by atoms with Crippen molar-refractivity contribution in [2.75, 3.05) is 31.1 Å². The molecule has 1 aromatic heterocycles.